The molecule has 0 bridgehead atoms. The Morgan fingerprint density at radius 2 is 2.64 bits per heavy atom. The van der Waals surface area contributed by atoms with Crippen molar-refractivity contribution in [3.63, 3.8) is 0 Å². The van der Waals surface area contributed by atoms with Crippen LogP contribution >= 0.6 is 11.3 Å². The molecule has 0 saturated carbocycles. The van der Waals surface area contributed by atoms with Crippen molar-refractivity contribution < 1.29 is 9.90 Å². The summed E-state index contributed by atoms with van der Waals surface area (Å²) in [5, 5.41) is 12.2. The van der Waals surface area contributed by atoms with Gasteiger partial charge in [0.05, 0.1) is 11.6 Å². The lowest BCUT2D eigenvalue weighted by atomic mass is 10.2. The van der Waals surface area contributed by atoms with Crippen molar-refractivity contribution in [3.05, 3.63) is 11.2 Å². The molecule has 0 aliphatic rings. The van der Waals surface area contributed by atoms with Gasteiger partial charge in [-0.05, 0) is 6.42 Å². The molecule has 1 aromatic rings. The van der Waals surface area contributed by atoms with Gasteiger partial charge in [-0.2, -0.15) is 0 Å². The van der Waals surface area contributed by atoms with Gasteiger partial charge in [0.25, 0.3) is 0 Å². The maximum atomic E-state index is 10.7. The minimum absolute atomic E-state index is 0.0312. The topological polar surface area (TPSA) is 62.2 Å². The zero-order valence-corrected chi connectivity index (χ0v) is 8.47. The zero-order valence-electron chi connectivity index (χ0n) is 7.65. The number of hydrogen-bond donors (Lipinski definition) is 2. The highest BCUT2D eigenvalue weighted by molar-refractivity contribution is 7.14. The summed E-state index contributed by atoms with van der Waals surface area (Å²) in [4.78, 5) is 14.4. The van der Waals surface area contributed by atoms with Gasteiger partial charge in [-0.3, -0.25) is 0 Å². The second-order valence-corrected chi connectivity index (χ2v) is 3.46. The number of thiazole rings is 1. The fourth-order valence-electron chi connectivity index (χ4n) is 0.921. The summed E-state index contributed by atoms with van der Waals surface area (Å²) >= 11 is 1.24. The van der Waals surface area contributed by atoms with Crippen molar-refractivity contribution >= 4 is 22.3 Å². The molecule has 0 amide bonds. The molecule has 74 valence electrons. The van der Waals surface area contributed by atoms with Gasteiger partial charge >= 0.3 is 5.97 Å². The Labute approximate surface area is 86.0 Å². The van der Waals surface area contributed by atoms with Crippen LogP contribution in [-0.4, -0.2) is 22.1 Å². The first kappa shape index (κ1) is 10.5. The Morgan fingerprint density at radius 1 is 1.93 bits per heavy atom. The predicted molar refractivity (Wildman–Crippen MR) is 55.6 cm³/mol. The minimum atomic E-state index is -1.04. The van der Waals surface area contributed by atoms with Crippen molar-refractivity contribution in [1.29, 1.82) is 0 Å². The Bertz CT molecular complexity index is 367. The first-order valence-electron chi connectivity index (χ1n) is 4.08. The molecule has 0 aliphatic carbocycles. The average molecular weight is 210 g/mol. The summed E-state index contributed by atoms with van der Waals surface area (Å²) in [6, 6.07) is -0.145. The third-order valence-corrected chi connectivity index (χ3v) is 2.44. The number of aromatic carboxylic acids is 1. The maximum Gasteiger partial charge on any atom is 0.357 e. The number of terminal acetylenes is 1. The van der Waals surface area contributed by atoms with E-state index >= 15 is 0 Å². The van der Waals surface area contributed by atoms with Crippen LogP contribution in [0.1, 0.15) is 23.8 Å². The van der Waals surface area contributed by atoms with Crippen LogP contribution in [0, 0.1) is 12.3 Å². The predicted octanol–water partition coefficient (Wildman–Crippen LogP) is 1.66. The Balaban J connectivity index is 2.81. The van der Waals surface area contributed by atoms with Gasteiger partial charge in [-0.25, -0.2) is 9.78 Å². The molecule has 0 saturated heterocycles. The van der Waals surface area contributed by atoms with E-state index in [0.29, 0.717) is 5.00 Å². The summed E-state index contributed by atoms with van der Waals surface area (Å²) in [5.74, 6) is 1.49. The van der Waals surface area contributed by atoms with Gasteiger partial charge in [-0.1, -0.05) is 12.8 Å². The molecule has 0 radical (unpaired) electrons. The van der Waals surface area contributed by atoms with E-state index < -0.39 is 5.97 Å². The van der Waals surface area contributed by atoms with Gasteiger partial charge in [0.1, 0.15) is 5.00 Å². The molecule has 2 N–H and O–H groups in total. The van der Waals surface area contributed by atoms with Crippen molar-refractivity contribution in [2.45, 2.75) is 19.4 Å². The molecule has 5 heteroatoms. The van der Waals surface area contributed by atoms with E-state index in [1.165, 1.54) is 16.8 Å². The quantitative estimate of drug-likeness (QED) is 0.742. The highest BCUT2D eigenvalue weighted by Gasteiger charge is 2.14. The standard InChI is InChI=1S/C9H10N2O2S/c1-3-6(4-2)11-8-7(9(12)13)10-5-14-8/h1,5-6,11H,4H2,2H3,(H,12,13). The van der Waals surface area contributed by atoms with E-state index in [4.69, 9.17) is 11.5 Å². The largest absolute Gasteiger partial charge is 0.476 e. The zero-order chi connectivity index (χ0) is 10.6. The lowest BCUT2D eigenvalue weighted by molar-refractivity contribution is 0.0692. The van der Waals surface area contributed by atoms with Crippen LogP contribution in [0.25, 0.3) is 0 Å². The number of nitrogens with zero attached hydrogens (tertiary/aromatic N) is 1. The Kier molecular flexibility index (Phi) is 3.48. The van der Waals surface area contributed by atoms with Gasteiger partial charge in [0.15, 0.2) is 5.69 Å². The SMILES string of the molecule is C#CC(CC)Nc1scnc1C(=O)O. The van der Waals surface area contributed by atoms with Crippen LogP contribution in [0.2, 0.25) is 0 Å². The van der Waals surface area contributed by atoms with Crippen LogP contribution in [0.5, 0.6) is 0 Å². The summed E-state index contributed by atoms with van der Waals surface area (Å²) < 4.78 is 0. The number of carboxylic acid groups (broad SMARTS) is 1. The number of carbonyl (C=O) groups is 1. The Morgan fingerprint density at radius 3 is 3.14 bits per heavy atom. The van der Waals surface area contributed by atoms with Crippen LogP contribution in [0.4, 0.5) is 5.00 Å². The molecule has 1 unspecified atom stereocenters. The number of aromatic nitrogens is 1. The second-order valence-electron chi connectivity index (χ2n) is 2.61. The lowest BCUT2D eigenvalue weighted by Crippen LogP contribution is -2.16. The lowest BCUT2D eigenvalue weighted by Gasteiger charge is -2.09. The number of carboxylic acids is 1. The molecular weight excluding hydrogens is 200 g/mol. The van der Waals surface area contributed by atoms with Gasteiger partial charge < -0.3 is 10.4 Å². The second kappa shape index (κ2) is 4.63. The maximum absolute atomic E-state index is 10.7. The highest BCUT2D eigenvalue weighted by Crippen LogP contribution is 2.21. The molecule has 0 spiro atoms. The van der Waals surface area contributed by atoms with E-state index in [2.05, 4.69) is 16.2 Å². The van der Waals surface area contributed by atoms with Crippen molar-refractivity contribution in [3.8, 4) is 12.3 Å². The van der Waals surface area contributed by atoms with Crippen LogP contribution < -0.4 is 5.32 Å². The fraction of sp³-hybridized carbons (Fsp3) is 0.333. The summed E-state index contributed by atoms with van der Waals surface area (Å²) in [6.07, 6.45) is 5.99. The summed E-state index contributed by atoms with van der Waals surface area (Å²) in [6.45, 7) is 1.93. The number of hydrogen-bond acceptors (Lipinski definition) is 4. The highest BCUT2D eigenvalue weighted by atomic mass is 32.1. The van der Waals surface area contributed by atoms with Crippen LogP contribution in [0.3, 0.4) is 0 Å². The van der Waals surface area contributed by atoms with E-state index in [9.17, 15) is 4.79 Å². The first-order chi connectivity index (χ1) is 6.69. The van der Waals surface area contributed by atoms with E-state index in [-0.39, 0.29) is 11.7 Å². The first-order valence-corrected chi connectivity index (χ1v) is 4.96. The molecule has 0 aromatic carbocycles. The molecular formula is C9H10N2O2S. The molecule has 14 heavy (non-hydrogen) atoms. The summed E-state index contributed by atoms with van der Waals surface area (Å²) in [5.41, 5.74) is 1.51. The molecule has 0 aliphatic heterocycles. The molecule has 1 rings (SSSR count). The third kappa shape index (κ3) is 2.24. The van der Waals surface area contributed by atoms with Crippen molar-refractivity contribution in [2.75, 3.05) is 5.32 Å². The molecule has 1 aromatic heterocycles. The average Bonchev–Trinajstić information content (AvgIpc) is 2.62. The molecule has 1 heterocycles. The monoisotopic (exact) mass is 210 g/mol. The van der Waals surface area contributed by atoms with E-state index in [1.807, 2.05) is 6.92 Å². The molecule has 1 atom stereocenters. The van der Waals surface area contributed by atoms with Crippen LogP contribution in [-0.2, 0) is 0 Å². The van der Waals surface area contributed by atoms with E-state index in [1.54, 1.807) is 0 Å². The normalized spacial score (nSPS) is 11.7. The smallest absolute Gasteiger partial charge is 0.357 e. The van der Waals surface area contributed by atoms with Gasteiger partial charge in [0, 0.05) is 0 Å². The number of nitrogens with one attached hydrogen (secondary N) is 1. The number of anilines is 1. The van der Waals surface area contributed by atoms with Crippen molar-refractivity contribution in [2.24, 2.45) is 0 Å². The summed E-state index contributed by atoms with van der Waals surface area (Å²) in [7, 11) is 0. The third-order valence-electron chi connectivity index (χ3n) is 1.68. The molecule has 0 fully saturated rings. The van der Waals surface area contributed by atoms with Gasteiger partial charge in [0.2, 0.25) is 0 Å². The Hall–Kier alpha value is -1.54. The van der Waals surface area contributed by atoms with E-state index in [0.717, 1.165) is 6.42 Å². The number of rotatable bonds is 4. The van der Waals surface area contributed by atoms with Gasteiger partial charge in [-0.15, -0.1) is 17.8 Å². The van der Waals surface area contributed by atoms with Crippen LogP contribution in [0.15, 0.2) is 5.51 Å². The minimum Gasteiger partial charge on any atom is -0.476 e. The fourth-order valence-corrected chi connectivity index (χ4v) is 1.65. The molecule has 4 nitrogen and oxygen atoms in total. The van der Waals surface area contributed by atoms with Crippen molar-refractivity contribution in [1.82, 2.24) is 4.98 Å².